The van der Waals surface area contributed by atoms with Crippen molar-refractivity contribution >= 4 is 18.0 Å². The van der Waals surface area contributed by atoms with Gasteiger partial charge in [-0.3, -0.25) is 4.79 Å². The van der Waals surface area contributed by atoms with Crippen molar-refractivity contribution in [2.45, 2.75) is 10.1 Å². The van der Waals surface area contributed by atoms with E-state index in [-0.39, 0.29) is 0 Å². The molecule has 0 aliphatic carbocycles. The third-order valence-corrected chi connectivity index (χ3v) is 2.77. The Labute approximate surface area is 91.6 Å². The Bertz CT molecular complexity index is 459. The third-order valence-electron chi connectivity index (χ3n) is 1.79. The van der Waals surface area contributed by atoms with Gasteiger partial charge in [-0.1, -0.05) is 18.2 Å². The van der Waals surface area contributed by atoms with Crippen LogP contribution in [-0.4, -0.2) is 16.3 Å². The molecule has 0 atom stereocenters. The molecular weight excluding hydrogens is 208 g/mol. The first kappa shape index (κ1) is 9.86. The molecule has 0 saturated carbocycles. The maximum Gasteiger partial charge on any atom is 0.192 e. The van der Waals surface area contributed by atoms with E-state index in [2.05, 4.69) is 9.97 Å². The molecule has 0 spiro atoms. The maximum absolute atomic E-state index is 10.8. The maximum atomic E-state index is 10.8. The summed E-state index contributed by atoms with van der Waals surface area (Å²) in [6.45, 7) is 0. The smallest absolute Gasteiger partial charge is 0.192 e. The van der Waals surface area contributed by atoms with Gasteiger partial charge in [0.15, 0.2) is 11.4 Å². The van der Waals surface area contributed by atoms with Crippen LogP contribution in [0.15, 0.2) is 52.8 Å². The van der Waals surface area contributed by atoms with E-state index in [1.807, 2.05) is 18.2 Å². The van der Waals surface area contributed by atoms with Gasteiger partial charge in [0, 0.05) is 22.9 Å². The summed E-state index contributed by atoms with van der Waals surface area (Å²) < 4.78 is 0. The number of nitrogens with zero attached hydrogens (tertiary/aromatic N) is 2. The molecule has 1 heterocycles. The van der Waals surface area contributed by atoms with Gasteiger partial charge in [-0.15, -0.1) is 0 Å². The molecule has 74 valence electrons. The molecule has 0 saturated heterocycles. The van der Waals surface area contributed by atoms with Gasteiger partial charge in [0.2, 0.25) is 0 Å². The molecule has 2 rings (SSSR count). The quantitative estimate of drug-likeness (QED) is 0.584. The average Bonchev–Trinajstić information content (AvgIpc) is 2.31. The van der Waals surface area contributed by atoms with Crippen LogP contribution in [0.25, 0.3) is 0 Å². The second kappa shape index (κ2) is 4.70. The topological polar surface area (TPSA) is 42.9 Å². The summed E-state index contributed by atoms with van der Waals surface area (Å²) in [5, 5.41) is 0.645. The highest BCUT2D eigenvalue weighted by atomic mass is 32.2. The van der Waals surface area contributed by atoms with Crippen LogP contribution >= 0.6 is 11.8 Å². The van der Waals surface area contributed by atoms with Crippen molar-refractivity contribution in [3.05, 3.63) is 48.3 Å². The normalized spacial score (nSPS) is 9.87. The minimum Gasteiger partial charge on any atom is -0.298 e. The van der Waals surface area contributed by atoms with E-state index in [4.69, 9.17) is 0 Å². The first-order chi connectivity index (χ1) is 7.40. The number of benzene rings is 1. The summed E-state index contributed by atoms with van der Waals surface area (Å²) >= 11 is 1.39. The highest BCUT2D eigenvalue weighted by molar-refractivity contribution is 7.99. The molecular formula is C11H8N2OS. The van der Waals surface area contributed by atoms with Crippen molar-refractivity contribution in [3.63, 3.8) is 0 Å². The van der Waals surface area contributed by atoms with Crippen LogP contribution in [0.3, 0.4) is 0 Å². The number of aldehydes is 1. The predicted octanol–water partition coefficient (Wildman–Crippen LogP) is 2.44. The van der Waals surface area contributed by atoms with Gasteiger partial charge >= 0.3 is 0 Å². The Morgan fingerprint density at radius 2 is 1.80 bits per heavy atom. The van der Waals surface area contributed by atoms with Crippen LogP contribution in [-0.2, 0) is 0 Å². The molecule has 2 aromatic rings. The second-order valence-electron chi connectivity index (χ2n) is 2.79. The van der Waals surface area contributed by atoms with Gasteiger partial charge in [-0.2, -0.15) is 0 Å². The van der Waals surface area contributed by atoms with Gasteiger partial charge in [-0.05, 0) is 23.9 Å². The van der Waals surface area contributed by atoms with Crippen molar-refractivity contribution in [3.8, 4) is 0 Å². The zero-order chi connectivity index (χ0) is 10.5. The monoisotopic (exact) mass is 216 g/mol. The number of rotatable bonds is 3. The number of hydrogen-bond donors (Lipinski definition) is 0. The molecule has 15 heavy (non-hydrogen) atoms. The van der Waals surface area contributed by atoms with E-state index in [0.717, 1.165) is 11.2 Å². The average molecular weight is 216 g/mol. The van der Waals surface area contributed by atoms with Gasteiger partial charge in [0.25, 0.3) is 0 Å². The van der Waals surface area contributed by atoms with Crippen molar-refractivity contribution < 1.29 is 4.79 Å². The highest BCUT2D eigenvalue weighted by Gasteiger charge is 2.03. The SMILES string of the molecule is O=Cc1ccccc1Sc1ncccn1. The van der Waals surface area contributed by atoms with Crippen molar-refractivity contribution in [1.82, 2.24) is 9.97 Å². The van der Waals surface area contributed by atoms with E-state index in [1.165, 1.54) is 11.8 Å². The van der Waals surface area contributed by atoms with Gasteiger partial charge in [0.05, 0.1) is 0 Å². The minimum atomic E-state index is 0.645. The van der Waals surface area contributed by atoms with Crippen molar-refractivity contribution in [1.29, 1.82) is 0 Å². The molecule has 0 aliphatic heterocycles. The summed E-state index contributed by atoms with van der Waals surface area (Å²) in [5.74, 6) is 0. The standard InChI is InChI=1S/C11H8N2OS/c14-8-9-4-1-2-5-10(9)15-11-12-6-3-7-13-11/h1-8H. The van der Waals surface area contributed by atoms with Crippen molar-refractivity contribution in [2.75, 3.05) is 0 Å². The lowest BCUT2D eigenvalue weighted by molar-refractivity contribution is 0.112. The van der Waals surface area contributed by atoms with E-state index >= 15 is 0 Å². The zero-order valence-electron chi connectivity index (χ0n) is 7.83. The van der Waals surface area contributed by atoms with Gasteiger partial charge < -0.3 is 0 Å². The van der Waals surface area contributed by atoms with E-state index in [9.17, 15) is 4.79 Å². The molecule has 0 N–H and O–H groups in total. The predicted molar refractivity (Wildman–Crippen MR) is 58.0 cm³/mol. The Morgan fingerprint density at radius 1 is 1.07 bits per heavy atom. The van der Waals surface area contributed by atoms with Crippen LogP contribution in [0.2, 0.25) is 0 Å². The fraction of sp³-hybridized carbons (Fsp3) is 0. The third kappa shape index (κ3) is 2.41. The summed E-state index contributed by atoms with van der Waals surface area (Å²) in [5.41, 5.74) is 0.662. The highest BCUT2D eigenvalue weighted by Crippen LogP contribution is 2.26. The summed E-state index contributed by atoms with van der Waals surface area (Å²) in [6.07, 6.45) is 4.20. The molecule has 0 aliphatic rings. The molecule has 1 aromatic carbocycles. The van der Waals surface area contributed by atoms with Crippen molar-refractivity contribution in [2.24, 2.45) is 0 Å². The lowest BCUT2D eigenvalue weighted by Gasteiger charge is -2.01. The number of carbonyl (C=O) groups excluding carboxylic acids is 1. The molecule has 0 fully saturated rings. The summed E-state index contributed by atoms with van der Waals surface area (Å²) in [4.78, 5) is 19.8. The fourth-order valence-electron chi connectivity index (χ4n) is 1.11. The van der Waals surface area contributed by atoms with Crippen LogP contribution in [0.4, 0.5) is 0 Å². The van der Waals surface area contributed by atoms with Crippen LogP contribution in [0, 0.1) is 0 Å². The van der Waals surface area contributed by atoms with Gasteiger partial charge in [0.1, 0.15) is 0 Å². The first-order valence-corrected chi connectivity index (χ1v) is 5.21. The first-order valence-electron chi connectivity index (χ1n) is 4.39. The zero-order valence-corrected chi connectivity index (χ0v) is 8.65. The summed E-state index contributed by atoms with van der Waals surface area (Å²) in [6, 6.07) is 9.14. The largest absolute Gasteiger partial charge is 0.298 e. The van der Waals surface area contributed by atoms with E-state index in [1.54, 1.807) is 24.5 Å². The Morgan fingerprint density at radius 3 is 2.53 bits per heavy atom. The van der Waals surface area contributed by atoms with E-state index in [0.29, 0.717) is 10.7 Å². The Kier molecular flexibility index (Phi) is 3.09. The number of hydrogen-bond acceptors (Lipinski definition) is 4. The lowest BCUT2D eigenvalue weighted by atomic mass is 10.2. The molecule has 0 radical (unpaired) electrons. The molecule has 0 bridgehead atoms. The van der Waals surface area contributed by atoms with Crippen LogP contribution < -0.4 is 0 Å². The van der Waals surface area contributed by atoms with Crippen LogP contribution in [0.1, 0.15) is 10.4 Å². The molecule has 4 heteroatoms. The molecule has 0 amide bonds. The Balaban J connectivity index is 2.28. The Hall–Kier alpha value is -1.68. The molecule has 0 unspecified atom stereocenters. The minimum absolute atomic E-state index is 0.645. The van der Waals surface area contributed by atoms with Crippen LogP contribution in [0.5, 0.6) is 0 Å². The number of carbonyl (C=O) groups is 1. The fourth-order valence-corrected chi connectivity index (χ4v) is 1.91. The lowest BCUT2D eigenvalue weighted by Crippen LogP contribution is -1.87. The summed E-state index contributed by atoms with van der Waals surface area (Å²) in [7, 11) is 0. The van der Waals surface area contributed by atoms with E-state index < -0.39 is 0 Å². The molecule has 3 nitrogen and oxygen atoms in total. The second-order valence-corrected chi connectivity index (χ2v) is 3.80. The molecule has 1 aromatic heterocycles. The van der Waals surface area contributed by atoms with Gasteiger partial charge in [-0.25, -0.2) is 9.97 Å². The number of aromatic nitrogens is 2.